The van der Waals surface area contributed by atoms with E-state index in [4.69, 9.17) is 46.4 Å². The standard InChI is InChI=1S/C23H26Cl4N2O2S/c1-3-10-28-23(31)21(4-2)29(12-16-17(24)6-5-7-18(16)25)22(30)14-32-13-15-8-9-19(26)20(27)11-15/h5-9,11,21H,3-4,10,12-14H2,1-2H3,(H,28,31). The Morgan fingerprint density at radius 3 is 2.28 bits per heavy atom. The minimum Gasteiger partial charge on any atom is -0.354 e. The molecule has 2 aromatic carbocycles. The van der Waals surface area contributed by atoms with E-state index in [0.717, 1.165) is 12.0 Å². The van der Waals surface area contributed by atoms with Gasteiger partial charge in [0, 0.05) is 34.5 Å². The lowest BCUT2D eigenvalue weighted by Crippen LogP contribution is -2.49. The van der Waals surface area contributed by atoms with E-state index in [2.05, 4.69) is 5.32 Å². The number of nitrogens with zero attached hydrogens (tertiary/aromatic N) is 1. The van der Waals surface area contributed by atoms with Gasteiger partial charge in [-0.15, -0.1) is 11.8 Å². The first-order chi connectivity index (χ1) is 15.3. The van der Waals surface area contributed by atoms with Crippen molar-refractivity contribution < 1.29 is 9.59 Å². The van der Waals surface area contributed by atoms with E-state index in [1.165, 1.54) is 11.8 Å². The summed E-state index contributed by atoms with van der Waals surface area (Å²) in [6, 6.07) is 9.98. The SMILES string of the molecule is CCCNC(=O)C(CC)N(Cc1c(Cl)cccc1Cl)C(=O)CSCc1ccc(Cl)c(Cl)c1. The van der Waals surface area contributed by atoms with Crippen LogP contribution >= 0.6 is 58.2 Å². The number of nitrogens with one attached hydrogen (secondary N) is 1. The van der Waals surface area contributed by atoms with Crippen LogP contribution in [0.5, 0.6) is 0 Å². The first-order valence-corrected chi connectivity index (χ1v) is 13.0. The van der Waals surface area contributed by atoms with Gasteiger partial charge in [0.25, 0.3) is 0 Å². The highest BCUT2D eigenvalue weighted by Crippen LogP contribution is 2.28. The molecule has 0 heterocycles. The maximum Gasteiger partial charge on any atom is 0.242 e. The van der Waals surface area contributed by atoms with E-state index in [1.807, 2.05) is 19.9 Å². The van der Waals surface area contributed by atoms with Crippen LogP contribution in [0.4, 0.5) is 0 Å². The summed E-state index contributed by atoms with van der Waals surface area (Å²) in [7, 11) is 0. The highest BCUT2D eigenvalue weighted by atomic mass is 35.5. The molecule has 174 valence electrons. The van der Waals surface area contributed by atoms with Crippen molar-refractivity contribution in [1.82, 2.24) is 10.2 Å². The summed E-state index contributed by atoms with van der Waals surface area (Å²) in [5.74, 6) is 0.437. The van der Waals surface area contributed by atoms with Crippen LogP contribution in [0.2, 0.25) is 20.1 Å². The number of hydrogen-bond acceptors (Lipinski definition) is 3. The first-order valence-electron chi connectivity index (χ1n) is 10.3. The number of thioether (sulfide) groups is 1. The minimum absolute atomic E-state index is 0.155. The fraction of sp³-hybridized carbons (Fsp3) is 0.391. The molecule has 2 aromatic rings. The molecule has 1 atom stereocenters. The predicted octanol–water partition coefficient (Wildman–Crippen LogP) is 6.87. The second-order valence-corrected chi connectivity index (χ2v) is 9.79. The van der Waals surface area contributed by atoms with E-state index in [1.54, 1.807) is 35.2 Å². The third-order valence-electron chi connectivity index (χ3n) is 4.80. The van der Waals surface area contributed by atoms with Crippen LogP contribution in [0, 0.1) is 0 Å². The number of hydrogen-bond donors (Lipinski definition) is 1. The first kappa shape index (κ1) is 27.1. The normalized spacial score (nSPS) is 11.8. The lowest BCUT2D eigenvalue weighted by Gasteiger charge is -2.31. The Bertz CT molecular complexity index is 922. The lowest BCUT2D eigenvalue weighted by atomic mass is 10.1. The van der Waals surface area contributed by atoms with Gasteiger partial charge in [-0.25, -0.2) is 0 Å². The van der Waals surface area contributed by atoms with Crippen LogP contribution in [-0.2, 0) is 21.9 Å². The lowest BCUT2D eigenvalue weighted by molar-refractivity contribution is -0.139. The van der Waals surface area contributed by atoms with Gasteiger partial charge in [0.05, 0.1) is 15.8 Å². The van der Waals surface area contributed by atoms with Crippen molar-refractivity contribution in [2.45, 2.75) is 45.0 Å². The van der Waals surface area contributed by atoms with Gasteiger partial charge in [0.1, 0.15) is 6.04 Å². The second kappa shape index (κ2) is 13.6. The molecule has 0 radical (unpaired) electrons. The molecule has 0 spiro atoms. The molecule has 0 aromatic heterocycles. The molecule has 0 bridgehead atoms. The molecular weight excluding hydrogens is 510 g/mol. The third-order valence-corrected chi connectivity index (χ3v) is 7.24. The van der Waals surface area contributed by atoms with E-state index >= 15 is 0 Å². The van der Waals surface area contributed by atoms with Crippen LogP contribution in [-0.4, -0.2) is 35.1 Å². The Balaban J connectivity index is 2.18. The fourth-order valence-corrected chi connectivity index (χ4v) is 4.80. The number of carbonyl (C=O) groups is 2. The van der Waals surface area contributed by atoms with Crippen LogP contribution in [0.25, 0.3) is 0 Å². The summed E-state index contributed by atoms with van der Waals surface area (Å²) in [6.45, 7) is 4.57. The van der Waals surface area contributed by atoms with E-state index in [-0.39, 0.29) is 24.1 Å². The molecule has 32 heavy (non-hydrogen) atoms. The van der Waals surface area contributed by atoms with Crippen LogP contribution in [0.3, 0.4) is 0 Å². The van der Waals surface area contributed by atoms with E-state index in [0.29, 0.717) is 44.4 Å². The Morgan fingerprint density at radius 1 is 1.00 bits per heavy atom. The Hall–Kier alpha value is -1.11. The molecule has 0 saturated carbocycles. The molecular formula is C23H26Cl4N2O2S. The molecule has 4 nitrogen and oxygen atoms in total. The summed E-state index contributed by atoms with van der Waals surface area (Å²) in [6.07, 6.45) is 1.28. The van der Waals surface area contributed by atoms with Gasteiger partial charge >= 0.3 is 0 Å². The quantitative estimate of drug-likeness (QED) is 0.341. The maximum atomic E-state index is 13.3. The van der Waals surface area contributed by atoms with Crippen molar-refractivity contribution in [3.63, 3.8) is 0 Å². The zero-order valence-corrected chi connectivity index (χ0v) is 21.8. The second-order valence-electron chi connectivity index (χ2n) is 7.18. The number of carbonyl (C=O) groups excluding carboxylic acids is 2. The Kier molecular flexibility index (Phi) is 11.5. The van der Waals surface area contributed by atoms with Crippen LogP contribution in [0.15, 0.2) is 36.4 Å². The summed E-state index contributed by atoms with van der Waals surface area (Å²) in [4.78, 5) is 27.6. The highest BCUT2D eigenvalue weighted by molar-refractivity contribution is 7.99. The molecule has 2 amide bonds. The number of halogens is 4. The van der Waals surface area contributed by atoms with Gasteiger partial charge in [-0.05, 0) is 42.7 Å². The Morgan fingerprint density at radius 2 is 1.69 bits per heavy atom. The largest absolute Gasteiger partial charge is 0.354 e. The fourth-order valence-electron chi connectivity index (χ4n) is 3.11. The highest BCUT2D eigenvalue weighted by Gasteiger charge is 2.29. The van der Waals surface area contributed by atoms with Gasteiger partial charge in [0.15, 0.2) is 0 Å². The summed E-state index contributed by atoms with van der Waals surface area (Å²) in [5.41, 5.74) is 1.59. The van der Waals surface area contributed by atoms with E-state index < -0.39 is 6.04 Å². The number of benzene rings is 2. The van der Waals surface area contributed by atoms with Crippen LogP contribution < -0.4 is 5.32 Å². The monoisotopic (exact) mass is 534 g/mol. The van der Waals surface area contributed by atoms with Gasteiger partial charge in [-0.3, -0.25) is 9.59 Å². The van der Waals surface area contributed by atoms with Crippen molar-refractivity contribution in [3.8, 4) is 0 Å². The topological polar surface area (TPSA) is 49.4 Å². The van der Waals surface area contributed by atoms with Crippen molar-refractivity contribution >= 4 is 70.0 Å². The number of rotatable bonds is 11. The van der Waals surface area contributed by atoms with Gasteiger partial charge in [-0.1, -0.05) is 72.4 Å². The van der Waals surface area contributed by atoms with Crippen molar-refractivity contribution in [3.05, 3.63) is 67.6 Å². The zero-order chi connectivity index (χ0) is 23.7. The molecule has 2 rings (SSSR count). The molecule has 1 unspecified atom stereocenters. The van der Waals surface area contributed by atoms with Crippen molar-refractivity contribution in [1.29, 1.82) is 0 Å². The Labute approximate surface area is 213 Å². The average Bonchev–Trinajstić information content (AvgIpc) is 2.76. The molecule has 0 aliphatic rings. The third kappa shape index (κ3) is 7.74. The summed E-state index contributed by atoms with van der Waals surface area (Å²) in [5, 5.41) is 4.78. The smallest absolute Gasteiger partial charge is 0.242 e. The van der Waals surface area contributed by atoms with E-state index in [9.17, 15) is 9.59 Å². The number of amides is 2. The average molecular weight is 536 g/mol. The molecule has 0 saturated heterocycles. The minimum atomic E-state index is -0.619. The van der Waals surface area contributed by atoms with Crippen molar-refractivity contribution in [2.24, 2.45) is 0 Å². The molecule has 0 fully saturated rings. The van der Waals surface area contributed by atoms with Crippen molar-refractivity contribution in [2.75, 3.05) is 12.3 Å². The van der Waals surface area contributed by atoms with Crippen LogP contribution in [0.1, 0.15) is 37.8 Å². The molecule has 0 aliphatic heterocycles. The predicted molar refractivity (Wildman–Crippen MR) is 137 cm³/mol. The zero-order valence-electron chi connectivity index (χ0n) is 18.0. The van der Waals surface area contributed by atoms with Gasteiger partial charge in [-0.2, -0.15) is 0 Å². The summed E-state index contributed by atoms with van der Waals surface area (Å²) >= 11 is 26.2. The van der Waals surface area contributed by atoms with Gasteiger partial charge in [0.2, 0.25) is 11.8 Å². The maximum absolute atomic E-state index is 13.3. The molecule has 9 heteroatoms. The molecule has 1 N–H and O–H groups in total. The van der Waals surface area contributed by atoms with Gasteiger partial charge < -0.3 is 10.2 Å². The summed E-state index contributed by atoms with van der Waals surface area (Å²) < 4.78 is 0. The molecule has 0 aliphatic carbocycles.